The van der Waals surface area contributed by atoms with Crippen molar-refractivity contribution in [2.24, 2.45) is 7.05 Å². The highest BCUT2D eigenvalue weighted by atomic mass is 16.6. The maximum Gasteiger partial charge on any atom is 0.318 e. The van der Waals surface area contributed by atoms with E-state index < -0.39 is 15.6 Å². The van der Waals surface area contributed by atoms with E-state index in [1.54, 1.807) is 12.1 Å². The number of ether oxygens (including phenoxy) is 1. The van der Waals surface area contributed by atoms with Crippen LogP contribution in [0.15, 0.2) is 53.1 Å². The molecule has 1 aromatic carbocycles. The maximum atomic E-state index is 12.2. The van der Waals surface area contributed by atoms with Gasteiger partial charge in [-0.2, -0.15) is 5.10 Å². The van der Waals surface area contributed by atoms with Gasteiger partial charge in [0, 0.05) is 19.2 Å². The van der Waals surface area contributed by atoms with Gasteiger partial charge in [-0.1, -0.05) is 0 Å². The standard InChI is InChI=1S/C18H14N4O7/c1-20-10-16(22(26)27)18(19-20)17(23)9-8-14-6-7-15(29-14)11-28-13-4-2-12(3-5-13)21(24)25/h2-10H,11H2,1H3/b9-8+. The Bertz CT molecular complexity index is 1100. The van der Waals surface area contributed by atoms with Crippen LogP contribution in [-0.2, 0) is 13.7 Å². The number of hydrogen-bond donors (Lipinski definition) is 0. The topological polar surface area (TPSA) is 144 Å². The van der Waals surface area contributed by atoms with Crippen molar-refractivity contribution in [3.05, 3.63) is 86.1 Å². The van der Waals surface area contributed by atoms with Gasteiger partial charge in [-0.25, -0.2) is 0 Å². The molecule has 0 saturated carbocycles. The minimum Gasteiger partial charge on any atom is -0.486 e. The van der Waals surface area contributed by atoms with Crippen molar-refractivity contribution in [3.63, 3.8) is 0 Å². The van der Waals surface area contributed by atoms with Gasteiger partial charge in [-0.15, -0.1) is 0 Å². The van der Waals surface area contributed by atoms with E-state index in [0.717, 1.165) is 12.3 Å². The van der Waals surface area contributed by atoms with Crippen LogP contribution in [0.3, 0.4) is 0 Å². The predicted octanol–water partition coefficient (Wildman–Crippen LogP) is 3.30. The lowest BCUT2D eigenvalue weighted by Crippen LogP contribution is -2.00. The Morgan fingerprint density at radius 3 is 2.55 bits per heavy atom. The summed E-state index contributed by atoms with van der Waals surface area (Å²) < 4.78 is 12.2. The highest BCUT2D eigenvalue weighted by molar-refractivity contribution is 6.07. The number of carbonyl (C=O) groups is 1. The van der Waals surface area contributed by atoms with E-state index in [0.29, 0.717) is 17.3 Å². The zero-order valence-electron chi connectivity index (χ0n) is 15.0. The minimum absolute atomic E-state index is 0.0411. The first kappa shape index (κ1) is 19.5. The second-order valence-electron chi connectivity index (χ2n) is 5.84. The zero-order chi connectivity index (χ0) is 21.0. The maximum absolute atomic E-state index is 12.2. The van der Waals surface area contributed by atoms with Crippen molar-refractivity contribution in [2.45, 2.75) is 6.61 Å². The smallest absolute Gasteiger partial charge is 0.318 e. The number of nitrogens with zero attached hydrogens (tertiary/aromatic N) is 4. The number of carbonyl (C=O) groups excluding carboxylic acids is 1. The molecule has 0 radical (unpaired) electrons. The Kier molecular flexibility index (Phi) is 5.49. The highest BCUT2D eigenvalue weighted by Crippen LogP contribution is 2.20. The Balaban J connectivity index is 1.62. The van der Waals surface area contributed by atoms with Gasteiger partial charge in [0.2, 0.25) is 11.5 Å². The summed E-state index contributed by atoms with van der Waals surface area (Å²) in [7, 11) is 1.48. The van der Waals surface area contributed by atoms with E-state index in [2.05, 4.69) is 5.10 Å². The number of furan rings is 1. The normalized spacial score (nSPS) is 10.9. The molecule has 0 aliphatic carbocycles. The molecule has 148 valence electrons. The highest BCUT2D eigenvalue weighted by Gasteiger charge is 2.23. The molecule has 0 fully saturated rings. The summed E-state index contributed by atoms with van der Waals surface area (Å²) in [4.78, 5) is 32.6. The number of nitro benzene ring substituents is 1. The lowest BCUT2D eigenvalue weighted by atomic mass is 10.2. The molecular formula is C18H14N4O7. The molecule has 0 amide bonds. The molecular weight excluding hydrogens is 384 g/mol. The SMILES string of the molecule is Cn1cc([N+](=O)[O-])c(C(=O)/C=C/c2ccc(COc3ccc([N+](=O)[O-])cc3)o2)n1. The van der Waals surface area contributed by atoms with Crippen molar-refractivity contribution in [2.75, 3.05) is 0 Å². The van der Waals surface area contributed by atoms with Crippen LogP contribution in [0, 0.1) is 20.2 Å². The number of aryl methyl sites for hydroxylation is 1. The van der Waals surface area contributed by atoms with Gasteiger partial charge >= 0.3 is 5.69 Å². The van der Waals surface area contributed by atoms with Crippen LogP contribution in [-0.4, -0.2) is 25.4 Å². The Morgan fingerprint density at radius 2 is 1.90 bits per heavy atom. The van der Waals surface area contributed by atoms with E-state index in [-0.39, 0.29) is 23.7 Å². The molecule has 0 spiro atoms. The molecule has 0 N–H and O–H groups in total. The van der Waals surface area contributed by atoms with Crippen LogP contribution in [0.1, 0.15) is 22.0 Å². The van der Waals surface area contributed by atoms with E-state index in [4.69, 9.17) is 9.15 Å². The predicted molar refractivity (Wildman–Crippen MR) is 99.4 cm³/mol. The summed E-state index contributed by atoms with van der Waals surface area (Å²) in [6.45, 7) is 0.0747. The number of nitro groups is 2. The Morgan fingerprint density at radius 1 is 1.17 bits per heavy atom. The van der Waals surface area contributed by atoms with Crippen LogP contribution in [0.2, 0.25) is 0 Å². The summed E-state index contributed by atoms with van der Waals surface area (Å²) in [6.07, 6.45) is 3.66. The molecule has 2 heterocycles. The molecule has 2 aromatic heterocycles. The van der Waals surface area contributed by atoms with Crippen molar-refractivity contribution in [1.29, 1.82) is 0 Å². The van der Waals surface area contributed by atoms with Crippen LogP contribution in [0.5, 0.6) is 5.75 Å². The number of aromatic nitrogens is 2. The number of rotatable bonds is 8. The Labute approximate surface area is 163 Å². The molecule has 0 unspecified atom stereocenters. The number of allylic oxidation sites excluding steroid dienone is 1. The van der Waals surface area contributed by atoms with Gasteiger partial charge in [0.1, 0.15) is 30.1 Å². The molecule has 0 aliphatic heterocycles. The summed E-state index contributed by atoms with van der Waals surface area (Å²) in [5, 5.41) is 25.4. The van der Waals surface area contributed by atoms with Crippen molar-refractivity contribution >= 4 is 23.2 Å². The molecule has 0 saturated heterocycles. The Hall–Kier alpha value is -4.28. The molecule has 11 heteroatoms. The first-order valence-electron chi connectivity index (χ1n) is 8.20. The van der Waals surface area contributed by atoms with Crippen LogP contribution < -0.4 is 4.74 Å². The minimum atomic E-state index is -0.672. The lowest BCUT2D eigenvalue weighted by molar-refractivity contribution is -0.385. The fraction of sp³-hybridized carbons (Fsp3) is 0.111. The summed E-state index contributed by atoms with van der Waals surface area (Å²) in [5.41, 5.74) is -0.679. The first-order valence-corrected chi connectivity index (χ1v) is 8.20. The quantitative estimate of drug-likeness (QED) is 0.243. The largest absolute Gasteiger partial charge is 0.486 e. The zero-order valence-corrected chi connectivity index (χ0v) is 15.0. The number of ketones is 1. The van der Waals surface area contributed by atoms with Gasteiger partial charge in [0.15, 0.2) is 0 Å². The van der Waals surface area contributed by atoms with Crippen LogP contribution >= 0.6 is 0 Å². The van der Waals surface area contributed by atoms with Gasteiger partial charge in [-0.3, -0.25) is 29.7 Å². The van der Waals surface area contributed by atoms with E-state index in [1.165, 1.54) is 42.1 Å². The van der Waals surface area contributed by atoms with E-state index >= 15 is 0 Å². The van der Waals surface area contributed by atoms with Gasteiger partial charge in [0.05, 0.1) is 9.85 Å². The molecule has 3 aromatic rings. The van der Waals surface area contributed by atoms with Crippen molar-refractivity contribution in [1.82, 2.24) is 9.78 Å². The van der Waals surface area contributed by atoms with Gasteiger partial charge in [-0.05, 0) is 36.4 Å². The van der Waals surface area contributed by atoms with Crippen LogP contribution in [0.25, 0.3) is 6.08 Å². The fourth-order valence-corrected chi connectivity index (χ4v) is 2.40. The summed E-state index contributed by atoms with van der Waals surface area (Å²) >= 11 is 0. The summed E-state index contributed by atoms with van der Waals surface area (Å²) in [6, 6.07) is 8.84. The average molecular weight is 398 g/mol. The summed E-state index contributed by atoms with van der Waals surface area (Å²) in [5.74, 6) is 0.609. The third-order valence-electron chi connectivity index (χ3n) is 3.75. The molecule has 3 rings (SSSR count). The second-order valence-corrected chi connectivity index (χ2v) is 5.84. The van der Waals surface area contributed by atoms with Crippen molar-refractivity contribution < 1.29 is 23.8 Å². The third-order valence-corrected chi connectivity index (χ3v) is 3.75. The third kappa shape index (κ3) is 4.71. The fourth-order valence-electron chi connectivity index (χ4n) is 2.40. The van der Waals surface area contributed by atoms with Crippen molar-refractivity contribution in [3.8, 4) is 5.75 Å². The van der Waals surface area contributed by atoms with Gasteiger partial charge in [0.25, 0.3) is 5.69 Å². The molecule has 0 bridgehead atoms. The van der Waals surface area contributed by atoms with Crippen LogP contribution in [0.4, 0.5) is 11.4 Å². The monoisotopic (exact) mass is 398 g/mol. The second kappa shape index (κ2) is 8.17. The molecule has 0 atom stereocenters. The molecule has 29 heavy (non-hydrogen) atoms. The average Bonchev–Trinajstić information content (AvgIpc) is 3.31. The van der Waals surface area contributed by atoms with Gasteiger partial charge < -0.3 is 9.15 Å². The number of non-ortho nitro benzene ring substituents is 1. The molecule has 11 nitrogen and oxygen atoms in total. The first-order chi connectivity index (χ1) is 13.8. The number of hydrogen-bond acceptors (Lipinski definition) is 8. The van der Waals surface area contributed by atoms with E-state index in [9.17, 15) is 25.0 Å². The number of benzene rings is 1. The molecule has 0 aliphatic rings. The van der Waals surface area contributed by atoms with E-state index in [1.807, 2.05) is 0 Å². The lowest BCUT2D eigenvalue weighted by Gasteiger charge is -2.03.